The van der Waals surface area contributed by atoms with Crippen LogP contribution in [0.25, 0.3) is 0 Å². The van der Waals surface area contributed by atoms with Crippen LogP contribution in [0.15, 0.2) is 42.5 Å². The van der Waals surface area contributed by atoms with E-state index in [1.54, 1.807) is 24.3 Å². The number of nitrogens with one attached hydrogen (secondary N) is 1. The Morgan fingerprint density at radius 2 is 1.67 bits per heavy atom. The van der Waals surface area contributed by atoms with Crippen LogP contribution < -0.4 is 10.1 Å². The van der Waals surface area contributed by atoms with E-state index in [1.165, 1.54) is 7.11 Å². The average molecular weight is 369 g/mol. The molecule has 0 aliphatic carbocycles. The van der Waals surface area contributed by atoms with Crippen molar-refractivity contribution in [1.82, 2.24) is 0 Å². The summed E-state index contributed by atoms with van der Waals surface area (Å²) < 4.78 is 9.98. The highest BCUT2D eigenvalue weighted by atomic mass is 16.5. The Morgan fingerprint density at radius 3 is 2.33 bits per heavy atom. The van der Waals surface area contributed by atoms with Crippen molar-refractivity contribution in [2.24, 2.45) is 0 Å². The van der Waals surface area contributed by atoms with Crippen LogP contribution in [0, 0.1) is 13.8 Å². The van der Waals surface area contributed by atoms with Gasteiger partial charge in [-0.05, 0) is 55.3 Å². The van der Waals surface area contributed by atoms with E-state index in [4.69, 9.17) is 9.47 Å². The maximum Gasteiger partial charge on any atom is 0.306 e. The molecule has 0 aromatic heterocycles. The monoisotopic (exact) mass is 369 g/mol. The van der Waals surface area contributed by atoms with Gasteiger partial charge >= 0.3 is 5.97 Å². The fourth-order valence-corrected chi connectivity index (χ4v) is 2.38. The van der Waals surface area contributed by atoms with E-state index in [-0.39, 0.29) is 31.1 Å². The third-order valence-electron chi connectivity index (χ3n) is 4.00. The lowest BCUT2D eigenvalue weighted by molar-refractivity contribution is -0.143. The molecule has 0 saturated carbocycles. The van der Waals surface area contributed by atoms with E-state index in [0.29, 0.717) is 11.3 Å². The predicted octanol–water partition coefficient (Wildman–Crippen LogP) is 3.46. The molecule has 142 valence electrons. The average Bonchev–Trinajstić information content (AvgIpc) is 2.67. The quantitative estimate of drug-likeness (QED) is 0.569. The molecule has 0 heterocycles. The highest BCUT2D eigenvalue weighted by Gasteiger charge is 2.13. The zero-order chi connectivity index (χ0) is 19.8. The van der Waals surface area contributed by atoms with Gasteiger partial charge in [0.25, 0.3) is 0 Å². The normalized spacial score (nSPS) is 10.2. The van der Waals surface area contributed by atoms with E-state index in [0.717, 1.165) is 16.8 Å². The molecule has 0 atom stereocenters. The number of ketones is 1. The molecule has 0 bridgehead atoms. The van der Waals surface area contributed by atoms with Crippen LogP contribution >= 0.6 is 0 Å². The van der Waals surface area contributed by atoms with E-state index in [1.807, 2.05) is 32.0 Å². The van der Waals surface area contributed by atoms with Gasteiger partial charge < -0.3 is 14.8 Å². The lowest BCUT2D eigenvalue weighted by Crippen LogP contribution is -2.17. The van der Waals surface area contributed by atoms with E-state index in [9.17, 15) is 14.4 Å². The number of benzene rings is 2. The summed E-state index contributed by atoms with van der Waals surface area (Å²) in [4.78, 5) is 35.8. The molecule has 0 aliphatic rings. The minimum Gasteiger partial charge on any atom is -0.497 e. The highest BCUT2D eigenvalue weighted by Crippen LogP contribution is 2.17. The number of carbonyl (C=O) groups excluding carboxylic acids is 3. The third-order valence-corrected chi connectivity index (χ3v) is 4.00. The molecule has 0 radical (unpaired) electrons. The number of anilines is 1. The first-order valence-electron chi connectivity index (χ1n) is 8.59. The van der Waals surface area contributed by atoms with Crippen molar-refractivity contribution in [3.8, 4) is 5.75 Å². The molecule has 6 nitrogen and oxygen atoms in total. The molecule has 6 heteroatoms. The van der Waals surface area contributed by atoms with Crippen molar-refractivity contribution in [3.05, 3.63) is 59.2 Å². The molecular weight excluding hydrogens is 346 g/mol. The molecule has 0 aliphatic heterocycles. The number of carbonyl (C=O) groups is 3. The van der Waals surface area contributed by atoms with Crippen LogP contribution in [-0.4, -0.2) is 31.4 Å². The molecule has 1 amide bonds. The van der Waals surface area contributed by atoms with E-state index < -0.39 is 5.97 Å². The maximum absolute atomic E-state index is 12.0. The smallest absolute Gasteiger partial charge is 0.306 e. The van der Waals surface area contributed by atoms with Crippen molar-refractivity contribution >= 4 is 23.3 Å². The fraction of sp³-hybridized carbons (Fsp3) is 0.286. The van der Waals surface area contributed by atoms with Gasteiger partial charge in [-0.15, -0.1) is 0 Å². The van der Waals surface area contributed by atoms with Gasteiger partial charge in [-0.25, -0.2) is 0 Å². The second-order valence-corrected chi connectivity index (χ2v) is 6.18. The SMILES string of the molecule is COc1ccc(C(=O)COC(=O)CCC(=O)Nc2cc(C)ccc2C)cc1. The molecule has 0 saturated heterocycles. The van der Waals surface area contributed by atoms with Gasteiger partial charge in [-0.2, -0.15) is 0 Å². The zero-order valence-corrected chi connectivity index (χ0v) is 15.7. The number of rotatable bonds is 8. The van der Waals surface area contributed by atoms with Crippen LogP contribution in [0.3, 0.4) is 0 Å². The number of hydrogen-bond acceptors (Lipinski definition) is 5. The lowest BCUT2D eigenvalue weighted by Gasteiger charge is -2.09. The summed E-state index contributed by atoms with van der Waals surface area (Å²) in [5.74, 6) is -0.542. The van der Waals surface area contributed by atoms with E-state index in [2.05, 4.69) is 5.32 Å². The predicted molar refractivity (Wildman–Crippen MR) is 102 cm³/mol. The van der Waals surface area contributed by atoms with Gasteiger partial charge in [0.05, 0.1) is 13.5 Å². The second-order valence-electron chi connectivity index (χ2n) is 6.18. The van der Waals surface area contributed by atoms with Gasteiger partial charge in [-0.1, -0.05) is 12.1 Å². The van der Waals surface area contributed by atoms with Crippen LogP contribution in [0.1, 0.15) is 34.3 Å². The van der Waals surface area contributed by atoms with Crippen LogP contribution in [-0.2, 0) is 14.3 Å². The summed E-state index contributed by atoms with van der Waals surface area (Å²) in [7, 11) is 1.54. The summed E-state index contributed by atoms with van der Waals surface area (Å²) in [6.07, 6.45) is -0.102. The van der Waals surface area contributed by atoms with Gasteiger partial charge in [0.1, 0.15) is 5.75 Å². The molecule has 2 rings (SSSR count). The van der Waals surface area contributed by atoms with Gasteiger partial charge in [0, 0.05) is 17.7 Å². The first kappa shape index (κ1) is 20.2. The van der Waals surface area contributed by atoms with Crippen LogP contribution in [0.2, 0.25) is 0 Å². The number of Topliss-reactive ketones (excluding diaryl/α,β-unsaturated/α-hetero) is 1. The lowest BCUT2D eigenvalue weighted by atomic mass is 10.1. The summed E-state index contributed by atoms with van der Waals surface area (Å²) in [5, 5.41) is 2.78. The number of ether oxygens (including phenoxy) is 2. The molecular formula is C21H23NO5. The summed E-state index contributed by atoms with van der Waals surface area (Å²) in [5.41, 5.74) is 3.13. The molecule has 0 spiro atoms. The summed E-state index contributed by atoms with van der Waals surface area (Å²) >= 11 is 0. The van der Waals surface area contributed by atoms with Gasteiger partial charge in [-0.3, -0.25) is 14.4 Å². The maximum atomic E-state index is 12.0. The number of esters is 1. The minimum absolute atomic E-state index is 0.0110. The standard InChI is InChI=1S/C21H23NO5/c1-14-4-5-15(2)18(12-14)22-20(24)10-11-21(25)27-13-19(23)16-6-8-17(26-3)9-7-16/h4-9,12H,10-11,13H2,1-3H3,(H,22,24). The van der Waals surface area contributed by atoms with Crippen molar-refractivity contribution in [3.63, 3.8) is 0 Å². The van der Waals surface area contributed by atoms with Crippen LogP contribution in [0.5, 0.6) is 5.75 Å². The molecule has 0 fully saturated rings. The van der Waals surface area contributed by atoms with E-state index >= 15 is 0 Å². The molecule has 1 N–H and O–H groups in total. The largest absolute Gasteiger partial charge is 0.497 e. The first-order chi connectivity index (χ1) is 12.9. The number of amides is 1. The highest BCUT2D eigenvalue weighted by molar-refractivity contribution is 5.98. The first-order valence-corrected chi connectivity index (χ1v) is 8.59. The number of aryl methyl sites for hydroxylation is 2. The minimum atomic E-state index is -0.590. The Labute approximate surface area is 158 Å². The second kappa shape index (κ2) is 9.52. The van der Waals surface area contributed by atoms with Gasteiger partial charge in [0.15, 0.2) is 12.4 Å². The molecule has 27 heavy (non-hydrogen) atoms. The summed E-state index contributed by atoms with van der Waals surface area (Å²) in [6.45, 7) is 3.48. The number of hydrogen-bond donors (Lipinski definition) is 1. The number of methoxy groups -OCH3 is 1. The summed E-state index contributed by atoms with van der Waals surface area (Å²) in [6, 6.07) is 12.3. The Balaban J connectivity index is 1.75. The zero-order valence-electron chi connectivity index (χ0n) is 15.7. The Hall–Kier alpha value is -3.15. The Bertz CT molecular complexity index is 827. The third kappa shape index (κ3) is 6.26. The molecule has 2 aromatic carbocycles. The Kier molecular flexibility index (Phi) is 7.11. The van der Waals surface area contributed by atoms with Crippen molar-refractivity contribution in [1.29, 1.82) is 0 Å². The Morgan fingerprint density at radius 1 is 0.963 bits per heavy atom. The van der Waals surface area contributed by atoms with Crippen molar-refractivity contribution in [2.45, 2.75) is 26.7 Å². The topological polar surface area (TPSA) is 81.7 Å². The van der Waals surface area contributed by atoms with Gasteiger partial charge in [0.2, 0.25) is 5.91 Å². The van der Waals surface area contributed by atoms with Crippen molar-refractivity contribution < 1.29 is 23.9 Å². The molecule has 0 unspecified atom stereocenters. The van der Waals surface area contributed by atoms with Crippen molar-refractivity contribution in [2.75, 3.05) is 19.0 Å². The van der Waals surface area contributed by atoms with Crippen LogP contribution in [0.4, 0.5) is 5.69 Å². The fourth-order valence-electron chi connectivity index (χ4n) is 2.38. The molecule has 2 aromatic rings.